The van der Waals surface area contributed by atoms with Gasteiger partial charge in [-0.3, -0.25) is 0 Å². The molecule has 1 aliphatic heterocycles. The number of anilines is 1. The molecule has 0 amide bonds. The summed E-state index contributed by atoms with van der Waals surface area (Å²) in [6.45, 7) is 1.32. The fraction of sp³-hybridized carbons (Fsp3) is 0.538. The van der Waals surface area contributed by atoms with E-state index in [9.17, 15) is 13.2 Å². The van der Waals surface area contributed by atoms with Crippen LogP contribution in [-0.2, 0) is 0 Å². The lowest BCUT2D eigenvalue weighted by atomic mass is 10.2. The van der Waals surface area contributed by atoms with E-state index in [0.717, 1.165) is 12.5 Å². The molecule has 1 unspecified atom stereocenters. The summed E-state index contributed by atoms with van der Waals surface area (Å²) in [6, 6.07) is 3.22. The maximum absolute atomic E-state index is 13.6. The Morgan fingerprint density at radius 1 is 1.00 bits per heavy atom. The van der Waals surface area contributed by atoms with Crippen LogP contribution >= 0.6 is 0 Å². The molecule has 2 fully saturated rings. The predicted octanol–water partition coefficient (Wildman–Crippen LogP) is 2.43. The smallest absolute Gasteiger partial charge is 0.196 e. The van der Waals surface area contributed by atoms with Crippen molar-refractivity contribution in [1.82, 2.24) is 5.32 Å². The molecule has 1 heterocycles. The summed E-state index contributed by atoms with van der Waals surface area (Å²) >= 11 is 0. The lowest BCUT2D eigenvalue weighted by Gasteiger charge is -2.20. The number of nitrogens with one attached hydrogen (secondary N) is 1. The number of benzene rings is 1. The quantitative estimate of drug-likeness (QED) is 0.836. The van der Waals surface area contributed by atoms with Crippen LogP contribution in [0.5, 0.6) is 0 Å². The first-order valence-electron chi connectivity index (χ1n) is 6.29. The van der Waals surface area contributed by atoms with E-state index >= 15 is 0 Å². The molecule has 1 saturated heterocycles. The molecule has 2 nitrogen and oxygen atoms in total. The van der Waals surface area contributed by atoms with E-state index in [-0.39, 0.29) is 5.69 Å². The Morgan fingerprint density at radius 3 is 2.50 bits per heavy atom. The molecule has 1 aliphatic carbocycles. The summed E-state index contributed by atoms with van der Waals surface area (Å²) in [5, 5.41) is 3.47. The minimum absolute atomic E-state index is 0.161. The number of hydrogen-bond acceptors (Lipinski definition) is 2. The van der Waals surface area contributed by atoms with Gasteiger partial charge in [-0.2, -0.15) is 0 Å². The molecule has 0 radical (unpaired) electrons. The molecule has 2 aliphatic rings. The molecular weight excluding hydrogens is 241 g/mol. The Balaban J connectivity index is 1.73. The Kier molecular flexibility index (Phi) is 2.93. The third-order valence-corrected chi connectivity index (χ3v) is 3.59. The number of rotatable bonds is 3. The van der Waals surface area contributed by atoms with E-state index in [4.69, 9.17) is 0 Å². The summed E-state index contributed by atoms with van der Waals surface area (Å²) in [7, 11) is 0. The highest BCUT2D eigenvalue weighted by Gasteiger charge is 2.30. The van der Waals surface area contributed by atoms with E-state index in [1.54, 1.807) is 4.90 Å². The molecule has 98 valence electrons. The molecule has 1 saturated carbocycles. The van der Waals surface area contributed by atoms with Crippen molar-refractivity contribution in [2.45, 2.75) is 31.3 Å². The summed E-state index contributed by atoms with van der Waals surface area (Å²) in [4.78, 5) is 1.78. The molecule has 5 heteroatoms. The first kappa shape index (κ1) is 11.8. The van der Waals surface area contributed by atoms with Crippen molar-refractivity contribution < 1.29 is 13.2 Å². The van der Waals surface area contributed by atoms with Crippen LogP contribution in [0.2, 0.25) is 0 Å². The molecule has 0 aromatic heterocycles. The summed E-state index contributed by atoms with van der Waals surface area (Å²) in [6.07, 6.45) is 3.32. The van der Waals surface area contributed by atoms with Gasteiger partial charge in [0.25, 0.3) is 0 Å². The highest BCUT2D eigenvalue weighted by atomic mass is 19.2. The average Bonchev–Trinajstić information content (AvgIpc) is 3.04. The molecule has 1 aromatic carbocycles. The van der Waals surface area contributed by atoms with Crippen molar-refractivity contribution in [2.24, 2.45) is 0 Å². The summed E-state index contributed by atoms with van der Waals surface area (Å²) in [5.41, 5.74) is 0.161. The van der Waals surface area contributed by atoms with Gasteiger partial charge >= 0.3 is 0 Å². The van der Waals surface area contributed by atoms with Crippen LogP contribution in [0.1, 0.15) is 19.3 Å². The number of nitrogens with zero attached hydrogens (tertiary/aromatic N) is 1. The molecular formula is C13H15F3N2. The van der Waals surface area contributed by atoms with Crippen LogP contribution in [0.25, 0.3) is 0 Å². The average molecular weight is 256 g/mol. The summed E-state index contributed by atoms with van der Waals surface area (Å²) < 4.78 is 39.7. The van der Waals surface area contributed by atoms with E-state index < -0.39 is 17.5 Å². The van der Waals surface area contributed by atoms with Gasteiger partial charge in [-0.05, 0) is 31.4 Å². The number of halogens is 3. The van der Waals surface area contributed by atoms with E-state index in [1.165, 1.54) is 18.9 Å². The molecule has 0 bridgehead atoms. The Labute approximate surface area is 104 Å². The highest BCUT2D eigenvalue weighted by molar-refractivity contribution is 5.49. The number of hydrogen-bond donors (Lipinski definition) is 1. The second kappa shape index (κ2) is 4.46. The van der Waals surface area contributed by atoms with E-state index in [1.807, 2.05) is 0 Å². The zero-order valence-corrected chi connectivity index (χ0v) is 9.93. The Bertz CT molecular complexity index is 460. The Morgan fingerprint density at radius 2 is 1.78 bits per heavy atom. The van der Waals surface area contributed by atoms with Gasteiger partial charge < -0.3 is 10.2 Å². The minimum atomic E-state index is -1.38. The maximum atomic E-state index is 13.6. The normalized spacial score (nSPS) is 23.7. The fourth-order valence-corrected chi connectivity index (χ4v) is 2.46. The molecule has 18 heavy (non-hydrogen) atoms. The van der Waals surface area contributed by atoms with Gasteiger partial charge in [0.15, 0.2) is 17.5 Å². The summed E-state index contributed by atoms with van der Waals surface area (Å²) in [5.74, 6) is -3.60. The van der Waals surface area contributed by atoms with Crippen molar-refractivity contribution in [3.05, 3.63) is 29.6 Å². The van der Waals surface area contributed by atoms with Crippen molar-refractivity contribution in [2.75, 3.05) is 18.0 Å². The first-order chi connectivity index (χ1) is 8.65. The van der Waals surface area contributed by atoms with Gasteiger partial charge in [-0.25, -0.2) is 13.2 Å². The van der Waals surface area contributed by atoms with Gasteiger partial charge in [-0.15, -0.1) is 0 Å². The second-order valence-corrected chi connectivity index (χ2v) is 5.07. The van der Waals surface area contributed by atoms with Crippen LogP contribution in [0, 0.1) is 17.5 Å². The minimum Gasteiger partial charge on any atom is -0.367 e. The van der Waals surface area contributed by atoms with Crippen LogP contribution < -0.4 is 10.2 Å². The largest absolute Gasteiger partial charge is 0.367 e. The van der Waals surface area contributed by atoms with Gasteiger partial charge in [0, 0.05) is 25.2 Å². The first-order valence-corrected chi connectivity index (χ1v) is 6.29. The van der Waals surface area contributed by atoms with Gasteiger partial charge in [-0.1, -0.05) is 0 Å². The topological polar surface area (TPSA) is 15.3 Å². The predicted molar refractivity (Wildman–Crippen MR) is 63.1 cm³/mol. The zero-order valence-electron chi connectivity index (χ0n) is 9.93. The third kappa shape index (κ3) is 2.19. The van der Waals surface area contributed by atoms with E-state index in [2.05, 4.69) is 5.32 Å². The van der Waals surface area contributed by atoms with Gasteiger partial charge in [0.2, 0.25) is 0 Å². The third-order valence-electron chi connectivity index (χ3n) is 3.59. The van der Waals surface area contributed by atoms with Crippen molar-refractivity contribution in [3.8, 4) is 0 Å². The van der Waals surface area contributed by atoms with E-state index in [0.29, 0.717) is 25.2 Å². The SMILES string of the molecule is Fc1ccc(N2CCC(NC3CC3)C2)c(F)c1F. The van der Waals surface area contributed by atoms with Crippen LogP contribution in [0.3, 0.4) is 0 Å². The van der Waals surface area contributed by atoms with Crippen molar-refractivity contribution in [1.29, 1.82) is 0 Å². The van der Waals surface area contributed by atoms with Crippen LogP contribution in [-0.4, -0.2) is 25.2 Å². The van der Waals surface area contributed by atoms with Crippen LogP contribution in [0.15, 0.2) is 12.1 Å². The fourth-order valence-electron chi connectivity index (χ4n) is 2.46. The van der Waals surface area contributed by atoms with Crippen molar-refractivity contribution in [3.63, 3.8) is 0 Å². The molecule has 1 atom stereocenters. The van der Waals surface area contributed by atoms with Crippen LogP contribution in [0.4, 0.5) is 18.9 Å². The standard InChI is InChI=1S/C13H15F3N2/c14-10-3-4-11(13(16)12(10)15)18-6-5-9(7-18)17-8-1-2-8/h3-4,8-9,17H,1-2,5-7H2. The molecule has 0 spiro atoms. The maximum Gasteiger partial charge on any atom is 0.196 e. The highest BCUT2D eigenvalue weighted by Crippen LogP contribution is 2.28. The zero-order chi connectivity index (χ0) is 12.7. The van der Waals surface area contributed by atoms with Gasteiger partial charge in [0.1, 0.15) is 0 Å². The lowest BCUT2D eigenvalue weighted by Crippen LogP contribution is -2.34. The van der Waals surface area contributed by atoms with Crippen molar-refractivity contribution >= 4 is 5.69 Å². The Hall–Kier alpha value is -1.23. The molecule has 3 rings (SSSR count). The van der Waals surface area contributed by atoms with Gasteiger partial charge in [0.05, 0.1) is 5.69 Å². The molecule has 1 N–H and O–H groups in total. The second-order valence-electron chi connectivity index (χ2n) is 5.07. The lowest BCUT2D eigenvalue weighted by molar-refractivity contribution is 0.446. The molecule has 1 aromatic rings. The monoisotopic (exact) mass is 256 g/mol.